The number of anilines is 2. The Bertz CT molecular complexity index is 1720. The van der Waals surface area contributed by atoms with Gasteiger partial charge in [-0.15, -0.1) is 0 Å². The van der Waals surface area contributed by atoms with Crippen LogP contribution in [0.2, 0.25) is 0 Å². The molecule has 2 fully saturated rings. The van der Waals surface area contributed by atoms with Crippen LogP contribution >= 0.6 is 0 Å². The molecule has 1 saturated heterocycles. The summed E-state index contributed by atoms with van der Waals surface area (Å²) in [7, 11) is 2.91. The lowest BCUT2D eigenvalue weighted by atomic mass is 9.84. The molecule has 3 aromatic rings. The van der Waals surface area contributed by atoms with Gasteiger partial charge >= 0.3 is 12.1 Å². The number of nitrogens with one attached hydrogen (secondary N) is 3. The molecule has 278 valence electrons. The molecule has 5 rings (SSSR count). The van der Waals surface area contributed by atoms with E-state index in [0.717, 1.165) is 36.8 Å². The number of hydrogen-bond acceptors (Lipinski definition) is 10. The van der Waals surface area contributed by atoms with Crippen LogP contribution in [-0.4, -0.2) is 78.9 Å². The fraction of sp³-hybridized carbons (Fsp3) is 0.487. The van der Waals surface area contributed by atoms with Crippen molar-refractivity contribution in [2.24, 2.45) is 5.92 Å². The molecule has 52 heavy (non-hydrogen) atoms. The van der Waals surface area contributed by atoms with Gasteiger partial charge in [0.1, 0.15) is 29.7 Å². The van der Waals surface area contributed by atoms with Crippen LogP contribution < -0.4 is 20.9 Å². The van der Waals surface area contributed by atoms with Crippen LogP contribution in [-0.2, 0) is 30.2 Å². The molecule has 0 spiro atoms. The van der Waals surface area contributed by atoms with Gasteiger partial charge < -0.3 is 29.7 Å². The van der Waals surface area contributed by atoms with Crippen molar-refractivity contribution in [3.05, 3.63) is 71.7 Å². The molecule has 1 saturated carbocycles. The first-order chi connectivity index (χ1) is 24.8. The van der Waals surface area contributed by atoms with E-state index in [-0.39, 0.29) is 30.1 Å². The summed E-state index contributed by atoms with van der Waals surface area (Å²) in [6.45, 7) is 8.06. The van der Waals surface area contributed by atoms with Crippen LogP contribution in [0.25, 0.3) is 11.1 Å². The monoisotopic (exact) mass is 714 g/mol. The second kappa shape index (κ2) is 17.0. The first kappa shape index (κ1) is 38.2. The molecular formula is C39H50N6O7. The summed E-state index contributed by atoms with van der Waals surface area (Å²) in [4.78, 5) is 63.0. The molecule has 1 unspecified atom stereocenters. The minimum absolute atomic E-state index is 0.0839. The van der Waals surface area contributed by atoms with Gasteiger partial charge in [-0.25, -0.2) is 14.8 Å². The molecule has 4 atom stereocenters. The molecule has 0 radical (unpaired) electrons. The minimum Gasteiger partial charge on any atom is -0.469 e. The van der Waals surface area contributed by atoms with Crippen LogP contribution in [0, 0.1) is 5.92 Å². The van der Waals surface area contributed by atoms with Gasteiger partial charge in [-0.05, 0) is 88.3 Å². The maximum absolute atomic E-state index is 13.5. The van der Waals surface area contributed by atoms with Crippen molar-refractivity contribution >= 4 is 35.4 Å². The van der Waals surface area contributed by atoms with Crippen molar-refractivity contribution in [2.75, 3.05) is 37.6 Å². The number of fused-ring (bicyclic) bond motifs is 1. The van der Waals surface area contributed by atoms with Crippen molar-refractivity contribution in [1.82, 2.24) is 20.6 Å². The van der Waals surface area contributed by atoms with Gasteiger partial charge in [-0.2, -0.15) is 0 Å². The Morgan fingerprint density at radius 1 is 0.942 bits per heavy atom. The molecule has 2 heterocycles. The third-order valence-corrected chi connectivity index (χ3v) is 9.37. The van der Waals surface area contributed by atoms with Crippen molar-refractivity contribution in [3.8, 4) is 11.1 Å². The average Bonchev–Trinajstić information content (AvgIpc) is 3.51. The Labute approximate surface area is 305 Å². The Kier molecular flexibility index (Phi) is 12.5. The number of carbonyl (C=O) groups excluding carboxylic acids is 4. The molecule has 1 aliphatic carbocycles. The highest BCUT2D eigenvalue weighted by Crippen LogP contribution is 2.42. The molecule has 3 N–H and O–H groups in total. The number of methoxy groups -OCH3 is 2. The summed E-state index contributed by atoms with van der Waals surface area (Å²) in [5.74, 6) is 0.299. The van der Waals surface area contributed by atoms with E-state index < -0.39 is 29.7 Å². The first-order valence-electron chi connectivity index (χ1n) is 17.9. The standard InChI is InChI=1S/C39H50N6O7/c1-24(41-36(47)27-13-11-25(12-14-27)26-15-17-29(18-16-26)42-38(49)52-39(2,3)4)30-22-34(44-33(43-30)23-35(46)51-6)45-31-10-8-7-9-28(31)21-32(45)37(48)40-19-20-50-5/h11-18,22,24,28,31-32H,7-10,19-21,23H2,1-6H3,(H,40,48)(H,41,47)(H,42,49)/t24?,28-,31-,32-/m0/s1. The van der Waals surface area contributed by atoms with Crippen molar-refractivity contribution in [1.29, 1.82) is 0 Å². The Balaban J connectivity index is 1.32. The number of rotatable bonds is 12. The summed E-state index contributed by atoms with van der Waals surface area (Å²) in [5, 5.41) is 8.77. The largest absolute Gasteiger partial charge is 0.469 e. The third kappa shape index (κ3) is 9.84. The Morgan fingerprint density at radius 2 is 1.62 bits per heavy atom. The summed E-state index contributed by atoms with van der Waals surface area (Å²) < 4.78 is 15.4. The van der Waals surface area contributed by atoms with Gasteiger partial charge in [-0.3, -0.25) is 19.7 Å². The SMILES string of the molecule is COCCNC(=O)[C@@H]1C[C@@H]2CCCC[C@@H]2N1c1cc(C(C)NC(=O)c2ccc(-c3ccc(NC(=O)OC(C)(C)C)cc3)cc2)nc(CC(=O)OC)n1. The van der Waals surface area contributed by atoms with Crippen LogP contribution in [0.4, 0.5) is 16.3 Å². The highest BCUT2D eigenvalue weighted by Gasteiger charge is 2.46. The van der Waals surface area contributed by atoms with E-state index in [2.05, 4.69) is 25.8 Å². The summed E-state index contributed by atoms with van der Waals surface area (Å²) in [6, 6.07) is 15.5. The van der Waals surface area contributed by atoms with Crippen LogP contribution in [0.1, 0.15) is 87.7 Å². The van der Waals surface area contributed by atoms with Gasteiger partial charge in [-0.1, -0.05) is 37.1 Å². The molecular weight excluding hydrogens is 664 g/mol. The average molecular weight is 715 g/mol. The lowest BCUT2D eigenvalue weighted by Gasteiger charge is -2.35. The van der Waals surface area contributed by atoms with Crippen molar-refractivity contribution < 1.29 is 33.4 Å². The van der Waals surface area contributed by atoms with E-state index in [9.17, 15) is 19.2 Å². The fourth-order valence-corrected chi connectivity index (χ4v) is 6.89. The number of carbonyl (C=O) groups is 4. The van der Waals surface area contributed by atoms with Gasteiger partial charge in [0, 0.05) is 37.0 Å². The molecule has 0 bridgehead atoms. The first-order valence-corrected chi connectivity index (χ1v) is 17.9. The van der Waals surface area contributed by atoms with Crippen molar-refractivity contribution in [3.63, 3.8) is 0 Å². The van der Waals surface area contributed by atoms with Crippen molar-refractivity contribution in [2.45, 2.75) is 89.9 Å². The number of benzene rings is 2. The molecule has 1 aliphatic heterocycles. The summed E-state index contributed by atoms with van der Waals surface area (Å²) in [6.07, 6.45) is 4.20. The van der Waals surface area contributed by atoms with E-state index in [1.807, 2.05) is 37.3 Å². The zero-order valence-electron chi connectivity index (χ0n) is 30.9. The van der Waals surface area contributed by atoms with Gasteiger partial charge in [0.15, 0.2) is 0 Å². The van der Waals surface area contributed by atoms with Crippen LogP contribution in [0.3, 0.4) is 0 Å². The van der Waals surface area contributed by atoms with Crippen LogP contribution in [0.5, 0.6) is 0 Å². The summed E-state index contributed by atoms with van der Waals surface area (Å²) >= 11 is 0. The third-order valence-electron chi connectivity index (χ3n) is 9.37. The van der Waals surface area contributed by atoms with Crippen LogP contribution in [0.15, 0.2) is 54.6 Å². The molecule has 2 aromatic carbocycles. The van der Waals surface area contributed by atoms with Gasteiger partial charge in [0.2, 0.25) is 5.91 Å². The lowest BCUT2D eigenvalue weighted by molar-refractivity contribution is -0.140. The zero-order chi connectivity index (χ0) is 37.4. The predicted molar refractivity (Wildman–Crippen MR) is 197 cm³/mol. The van der Waals surface area contributed by atoms with E-state index >= 15 is 0 Å². The molecule has 13 heteroatoms. The number of nitrogens with zero attached hydrogens (tertiary/aromatic N) is 3. The number of amides is 3. The maximum atomic E-state index is 13.5. The molecule has 13 nitrogen and oxygen atoms in total. The van der Waals surface area contributed by atoms with E-state index in [1.165, 1.54) is 7.11 Å². The molecule has 1 aromatic heterocycles. The minimum atomic E-state index is -0.597. The normalized spacial score (nSPS) is 18.9. The predicted octanol–water partition coefficient (Wildman–Crippen LogP) is 5.60. The number of aromatic nitrogens is 2. The van der Waals surface area contributed by atoms with Gasteiger partial charge in [0.05, 0.1) is 25.5 Å². The van der Waals surface area contributed by atoms with Gasteiger partial charge in [0.25, 0.3) is 5.91 Å². The Hall–Kier alpha value is -5.04. The number of esters is 1. The summed E-state index contributed by atoms with van der Waals surface area (Å²) in [5.41, 5.74) is 2.80. The molecule has 3 amide bonds. The fourth-order valence-electron chi connectivity index (χ4n) is 6.89. The zero-order valence-corrected chi connectivity index (χ0v) is 30.9. The maximum Gasteiger partial charge on any atom is 0.412 e. The van der Waals surface area contributed by atoms with E-state index in [1.54, 1.807) is 52.1 Å². The topological polar surface area (TPSA) is 161 Å². The highest BCUT2D eigenvalue weighted by molar-refractivity contribution is 5.95. The Morgan fingerprint density at radius 3 is 2.27 bits per heavy atom. The smallest absolute Gasteiger partial charge is 0.412 e. The second-order valence-corrected chi connectivity index (χ2v) is 14.4. The molecule has 2 aliphatic rings. The van der Waals surface area contributed by atoms with E-state index in [0.29, 0.717) is 48.3 Å². The van der Waals surface area contributed by atoms with E-state index in [4.69, 9.17) is 19.2 Å². The number of hydrogen-bond donors (Lipinski definition) is 3. The highest BCUT2D eigenvalue weighted by atomic mass is 16.6. The number of ether oxygens (including phenoxy) is 3. The lowest BCUT2D eigenvalue weighted by Crippen LogP contribution is -2.48. The quantitative estimate of drug-likeness (QED) is 0.159. The second-order valence-electron chi connectivity index (χ2n) is 14.4.